The van der Waals surface area contributed by atoms with E-state index in [4.69, 9.17) is 0 Å². The van der Waals surface area contributed by atoms with Crippen molar-refractivity contribution in [1.29, 1.82) is 0 Å². The standard InChI is InChI=1S/C13H15F2NO2/c14-12(15)10-5-3-9(4-6-10)11(13(17)18)16-7-1-2-8-16/h3-6,11-12H,1-2,7-8H2,(H,17,18). The van der Waals surface area contributed by atoms with Crippen molar-refractivity contribution in [2.45, 2.75) is 25.3 Å². The Morgan fingerprint density at radius 3 is 2.06 bits per heavy atom. The molecule has 1 aliphatic heterocycles. The summed E-state index contributed by atoms with van der Waals surface area (Å²) in [6.45, 7) is 1.49. The largest absolute Gasteiger partial charge is 0.480 e. The van der Waals surface area contributed by atoms with Crippen LogP contribution in [0.15, 0.2) is 24.3 Å². The maximum atomic E-state index is 12.4. The Kier molecular flexibility index (Phi) is 3.91. The monoisotopic (exact) mass is 255 g/mol. The quantitative estimate of drug-likeness (QED) is 0.899. The Bertz CT molecular complexity index is 414. The number of carboxylic acids is 1. The Hall–Kier alpha value is -1.49. The number of alkyl halides is 2. The summed E-state index contributed by atoms with van der Waals surface area (Å²) in [5, 5.41) is 9.28. The molecule has 0 saturated carbocycles. The van der Waals surface area contributed by atoms with Gasteiger partial charge in [0.2, 0.25) is 0 Å². The van der Waals surface area contributed by atoms with Gasteiger partial charge in [0.15, 0.2) is 0 Å². The maximum absolute atomic E-state index is 12.4. The van der Waals surface area contributed by atoms with E-state index in [1.165, 1.54) is 24.3 Å². The molecular weight excluding hydrogens is 240 g/mol. The van der Waals surface area contributed by atoms with Crippen LogP contribution in [0.3, 0.4) is 0 Å². The lowest BCUT2D eigenvalue weighted by atomic mass is 10.0. The molecule has 3 nitrogen and oxygen atoms in total. The fourth-order valence-electron chi connectivity index (χ4n) is 2.33. The Labute approximate surface area is 104 Å². The van der Waals surface area contributed by atoms with Gasteiger partial charge < -0.3 is 5.11 Å². The van der Waals surface area contributed by atoms with Crippen LogP contribution in [-0.2, 0) is 4.79 Å². The summed E-state index contributed by atoms with van der Waals surface area (Å²) >= 11 is 0. The summed E-state index contributed by atoms with van der Waals surface area (Å²) in [6, 6.07) is 4.84. The smallest absolute Gasteiger partial charge is 0.325 e. The van der Waals surface area contributed by atoms with Crippen molar-refractivity contribution in [3.05, 3.63) is 35.4 Å². The minimum atomic E-state index is -2.52. The van der Waals surface area contributed by atoms with Crippen LogP contribution < -0.4 is 0 Å². The van der Waals surface area contributed by atoms with E-state index in [-0.39, 0.29) is 5.56 Å². The second-order valence-corrected chi connectivity index (χ2v) is 4.45. The first kappa shape index (κ1) is 13.0. The van der Waals surface area contributed by atoms with Crippen LogP contribution >= 0.6 is 0 Å². The number of carbonyl (C=O) groups is 1. The molecule has 0 aromatic heterocycles. The molecule has 0 bridgehead atoms. The van der Waals surface area contributed by atoms with Crippen molar-refractivity contribution in [3.63, 3.8) is 0 Å². The number of likely N-dealkylation sites (tertiary alicyclic amines) is 1. The molecule has 1 aromatic carbocycles. The summed E-state index contributed by atoms with van der Waals surface area (Å²) < 4.78 is 24.9. The Balaban J connectivity index is 2.22. The number of carboxylic acid groups (broad SMARTS) is 1. The molecule has 0 radical (unpaired) electrons. The van der Waals surface area contributed by atoms with E-state index in [1.54, 1.807) is 0 Å². The Morgan fingerprint density at radius 1 is 1.11 bits per heavy atom. The lowest BCUT2D eigenvalue weighted by molar-refractivity contribution is -0.143. The molecule has 1 aliphatic rings. The summed E-state index contributed by atoms with van der Waals surface area (Å²) in [4.78, 5) is 13.2. The van der Waals surface area contributed by atoms with E-state index < -0.39 is 18.4 Å². The highest BCUT2D eigenvalue weighted by molar-refractivity contribution is 5.75. The molecule has 18 heavy (non-hydrogen) atoms. The third-order valence-electron chi connectivity index (χ3n) is 3.24. The van der Waals surface area contributed by atoms with E-state index in [2.05, 4.69) is 0 Å². The molecule has 5 heteroatoms. The Morgan fingerprint density at radius 2 is 1.61 bits per heavy atom. The zero-order valence-corrected chi connectivity index (χ0v) is 9.85. The van der Waals surface area contributed by atoms with Gasteiger partial charge in [-0.25, -0.2) is 8.78 Å². The third kappa shape index (κ3) is 2.67. The first-order chi connectivity index (χ1) is 8.59. The van der Waals surface area contributed by atoms with Crippen molar-refractivity contribution in [2.75, 3.05) is 13.1 Å². The van der Waals surface area contributed by atoms with Gasteiger partial charge in [-0.1, -0.05) is 24.3 Å². The van der Waals surface area contributed by atoms with Crippen molar-refractivity contribution >= 4 is 5.97 Å². The first-order valence-corrected chi connectivity index (χ1v) is 5.94. The fourth-order valence-corrected chi connectivity index (χ4v) is 2.33. The average Bonchev–Trinajstić information content (AvgIpc) is 2.83. The highest BCUT2D eigenvalue weighted by Crippen LogP contribution is 2.27. The maximum Gasteiger partial charge on any atom is 0.325 e. The van der Waals surface area contributed by atoms with E-state index in [0.717, 1.165) is 25.9 Å². The van der Waals surface area contributed by atoms with Gasteiger partial charge >= 0.3 is 5.97 Å². The molecule has 1 unspecified atom stereocenters. The van der Waals surface area contributed by atoms with E-state index in [1.807, 2.05) is 4.90 Å². The second-order valence-electron chi connectivity index (χ2n) is 4.45. The molecule has 1 N–H and O–H groups in total. The molecule has 0 amide bonds. The minimum absolute atomic E-state index is 0.0793. The van der Waals surface area contributed by atoms with Gasteiger partial charge in [0.05, 0.1) is 0 Å². The molecule has 2 rings (SSSR count). The lowest BCUT2D eigenvalue weighted by Crippen LogP contribution is -2.31. The fraction of sp³-hybridized carbons (Fsp3) is 0.462. The van der Waals surface area contributed by atoms with Crippen molar-refractivity contribution < 1.29 is 18.7 Å². The van der Waals surface area contributed by atoms with E-state index in [0.29, 0.717) is 5.56 Å². The second kappa shape index (κ2) is 5.44. The van der Waals surface area contributed by atoms with E-state index in [9.17, 15) is 18.7 Å². The molecular formula is C13H15F2NO2. The number of rotatable bonds is 4. The number of aliphatic carboxylic acids is 1. The SMILES string of the molecule is O=C(O)C(c1ccc(C(F)F)cc1)N1CCCC1. The summed E-state index contributed by atoms with van der Waals surface area (Å²) in [5.74, 6) is -0.929. The summed E-state index contributed by atoms with van der Waals surface area (Å²) in [6.07, 6.45) is -0.549. The zero-order chi connectivity index (χ0) is 13.1. The van der Waals surface area contributed by atoms with Gasteiger partial charge in [0.25, 0.3) is 6.43 Å². The van der Waals surface area contributed by atoms with Gasteiger partial charge in [-0.3, -0.25) is 9.69 Å². The molecule has 0 spiro atoms. The van der Waals surface area contributed by atoms with Gasteiger partial charge in [-0.15, -0.1) is 0 Å². The molecule has 1 atom stereocenters. The predicted octanol–water partition coefficient (Wildman–Crippen LogP) is 2.85. The van der Waals surface area contributed by atoms with Crippen LogP contribution in [0, 0.1) is 0 Å². The van der Waals surface area contributed by atoms with Crippen LogP contribution in [0.4, 0.5) is 8.78 Å². The van der Waals surface area contributed by atoms with Gasteiger partial charge in [0, 0.05) is 5.56 Å². The van der Waals surface area contributed by atoms with Crippen LogP contribution in [0.1, 0.15) is 36.4 Å². The van der Waals surface area contributed by atoms with Gasteiger partial charge in [-0.05, 0) is 31.5 Å². The van der Waals surface area contributed by atoms with Crippen LogP contribution in [0.25, 0.3) is 0 Å². The highest BCUT2D eigenvalue weighted by Gasteiger charge is 2.29. The molecule has 1 saturated heterocycles. The molecule has 98 valence electrons. The van der Waals surface area contributed by atoms with Gasteiger partial charge in [-0.2, -0.15) is 0 Å². The number of benzene rings is 1. The number of nitrogens with zero attached hydrogens (tertiary/aromatic N) is 1. The van der Waals surface area contributed by atoms with Crippen molar-refractivity contribution in [3.8, 4) is 0 Å². The molecule has 1 fully saturated rings. The van der Waals surface area contributed by atoms with E-state index >= 15 is 0 Å². The number of hydrogen-bond donors (Lipinski definition) is 1. The minimum Gasteiger partial charge on any atom is -0.480 e. The molecule has 1 aromatic rings. The van der Waals surface area contributed by atoms with Crippen LogP contribution in [0.2, 0.25) is 0 Å². The van der Waals surface area contributed by atoms with Crippen molar-refractivity contribution in [2.24, 2.45) is 0 Å². The topological polar surface area (TPSA) is 40.5 Å². The number of hydrogen-bond acceptors (Lipinski definition) is 2. The molecule has 1 heterocycles. The summed E-state index contributed by atoms with van der Waals surface area (Å²) in [5.41, 5.74) is 0.484. The third-order valence-corrected chi connectivity index (χ3v) is 3.24. The first-order valence-electron chi connectivity index (χ1n) is 5.94. The average molecular weight is 255 g/mol. The zero-order valence-electron chi connectivity index (χ0n) is 9.85. The van der Waals surface area contributed by atoms with Crippen LogP contribution in [0.5, 0.6) is 0 Å². The predicted molar refractivity (Wildman–Crippen MR) is 62.6 cm³/mol. The number of halogens is 2. The van der Waals surface area contributed by atoms with Crippen molar-refractivity contribution in [1.82, 2.24) is 4.90 Å². The van der Waals surface area contributed by atoms with Gasteiger partial charge in [0.1, 0.15) is 6.04 Å². The molecule has 0 aliphatic carbocycles. The summed E-state index contributed by atoms with van der Waals surface area (Å²) in [7, 11) is 0. The normalized spacial score (nSPS) is 18.2. The highest BCUT2D eigenvalue weighted by atomic mass is 19.3. The van der Waals surface area contributed by atoms with Crippen LogP contribution in [-0.4, -0.2) is 29.1 Å². The lowest BCUT2D eigenvalue weighted by Gasteiger charge is -2.24.